The van der Waals surface area contributed by atoms with E-state index in [4.69, 9.17) is 0 Å². The van der Waals surface area contributed by atoms with Crippen LogP contribution >= 0.6 is 22.7 Å². The van der Waals surface area contributed by atoms with Gasteiger partial charge in [0.15, 0.2) is 0 Å². The fourth-order valence-corrected chi connectivity index (χ4v) is 18.9. The molecule has 0 unspecified atom stereocenters. The second kappa shape index (κ2) is 19.4. The number of para-hydroxylation sites is 6. The van der Waals surface area contributed by atoms with Crippen molar-refractivity contribution in [3.05, 3.63) is 290 Å². The summed E-state index contributed by atoms with van der Waals surface area (Å²) in [5.41, 5.74) is 11.1. The fraction of sp³-hybridized carbons (Fsp3) is 0.0714. The molecule has 0 spiro atoms. The third-order valence-electron chi connectivity index (χ3n) is 20.0. The lowest BCUT2D eigenvalue weighted by atomic mass is 9.74. The quantitative estimate of drug-likeness (QED) is 0.144. The molecular formula is C84H56F2N4S2. The molecule has 0 radical (unpaired) electrons. The number of thiophene rings is 2. The molecule has 0 bridgehead atoms. The molecule has 0 aliphatic carbocycles. The van der Waals surface area contributed by atoms with E-state index in [0.717, 1.165) is 130 Å². The second-order valence-corrected chi connectivity index (χ2v) is 27.7. The predicted octanol–water partition coefficient (Wildman–Crippen LogP) is 24.0. The molecule has 6 aromatic heterocycles. The van der Waals surface area contributed by atoms with E-state index in [-0.39, 0.29) is 0 Å². The van der Waals surface area contributed by atoms with Crippen LogP contribution in [0.15, 0.2) is 267 Å². The second-order valence-electron chi connectivity index (χ2n) is 25.6. The van der Waals surface area contributed by atoms with Crippen molar-refractivity contribution in [1.29, 1.82) is 0 Å². The summed E-state index contributed by atoms with van der Waals surface area (Å²) >= 11 is 3.60. The van der Waals surface area contributed by atoms with Gasteiger partial charge in [-0.25, -0.2) is 8.78 Å². The minimum Gasteiger partial charge on any atom is -0.331 e. The maximum atomic E-state index is 19.0. The maximum Gasteiger partial charge on any atom is 0.131 e. The monoisotopic (exact) mass is 1220 g/mol. The lowest BCUT2D eigenvalue weighted by Crippen LogP contribution is -2.35. The summed E-state index contributed by atoms with van der Waals surface area (Å²) < 4.78 is 52.7. The average molecular weight is 1220 g/mol. The summed E-state index contributed by atoms with van der Waals surface area (Å²) in [5, 5.41) is 13.3. The highest BCUT2D eigenvalue weighted by molar-refractivity contribution is 7.27. The molecule has 0 fully saturated rings. The molecular weight excluding hydrogens is 1170 g/mol. The topological polar surface area (TPSA) is 19.7 Å². The molecule has 0 amide bonds. The van der Waals surface area contributed by atoms with Gasteiger partial charge in [0.2, 0.25) is 0 Å². The van der Waals surface area contributed by atoms with E-state index in [1.54, 1.807) is 46.9 Å². The third kappa shape index (κ3) is 7.13. The highest BCUT2D eigenvalue weighted by Gasteiger charge is 2.45. The summed E-state index contributed by atoms with van der Waals surface area (Å²) in [6.45, 7) is 9.28. The Morgan fingerprint density at radius 1 is 0.272 bits per heavy atom. The maximum absolute atomic E-state index is 19.0. The van der Waals surface area contributed by atoms with Crippen LogP contribution in [0.25, 0.3) is 161 Å². The van der Waals surface area contributed by atoms with Crippen LogP contribution in [-0.4, -0.2) is 18.3 Å². The van der Waals surface area contributed by atoms with Crippen LogP contribution in [-0.2, 0) is 11.1 Å². The van der Waals surface area contributed by atoms with Crippen LogP contribution in [0.1, 0.15) is 38.8 Å². The van der Waals surface area contributed by atoms with Gasteiger partial charge in [0.1, 0.15) is 11.6 Å². The first-order valence-corrected chi connectivity index (χ1v) is 33.1. The molecule has 8 heteroatoms. The van der Waals surface area contributed by atoms with Crippen LogP contribution in [0.3, 0.4) is 0 Å². The van der Waals surface area contributed by atoms with Gasteiger partial charge in [0.05, 0.1) is 53.9 Å². The number of fused-ring (bicyclic) bond motifs is 20. The van der Waals surface area contributed by atoms with Gasteiger partial charge in [-0.15, -0.1) is 22.7 Å². The lowest BCUT2D eigenvalue weighted by Gasteiger charge is -2.42. The summed E-state index contributed by atoms with van der Waals surface area (Å²) in [6, 6.07) is 93.6. The van der Waals surface area contributed by atoms with E-state index in [0.29, 0.717) is 22.3 Å². The van der Waals surface area contributed by atoms with Crippen molar-refractivity contribution in [1.82, 2.24) is 18.3 Å². The van der Waals surface area contributed by atoms with Crippen molar-refractivity contribution in [2.24, 2.45) is 0 Å². The molecule has 92 heavy (non-hydrogen) atoms. The zero-order valence-corrected chi connectivity index (χ0v) is 52.4. The zero-order chi connectivity index (χ0) is 61.5. The van der Waals surface area contributed by atoms with E-state index in [9.17, 15) is 0 Å². The van der Waals surface area contributed by atoms with Crippen molar-refractivity contribution in [2.75, 3.05) is 0 Å². The first kappa shape index (κ1) is 53.2. The van der Waals surface area contributed by atoms with Crippen LogP contribution in [0, 0.1) is 11.6 Å². The minimum absolute atomic E-state index is 0.391. The third-order valence-corrected chi connectivity index (χ3v) is 22.4. The molecule has 0 aliphatic heterocycles. The van der Waals surface area contributed by atoms with E-state index in [1.807, 2.05) is 24.3 Å². The standard InChI is InChI=1S/C84H56F2N4S2/c1-83(2,89-67-39-19-9-25-49(67)50-26-10-20-40-68(50)89)75-73(61-33-5-15-35-63(61)85)79(87-65-37-17-7-29-53(65)57-45-47-59-55-31-13-23-43-71(55)91-81(59)77(57)87)76(84(3,4)90-69-41-21-11-27-51(69)52-28-12-22-42-70(52)90)80(74(75)62-34-6-16-36-64(62)86)88-66-38-18-8-30-54(66)58-46-48-60-56-32-14-24-44-72(56)92-82(60)78(58)88/h5-48H,1-4H3. The lowest BCUT2D eigenvalue weighted by molar-refractivity contribution is 0.454. The van der Waals surface area contributed by atoms with Gasteiger partial charge >= 0.3 is 0 Å². The Labute approximate surface area is 535 Å². The van der Waals surface area contributed by atoms with Crippen molar-refractivity contribution in [3.8, 4) is 33.6 Å². The smallest absolute Gasteiger partial charge is 0.131 e. The molecule has 19 aromatic rings. The van der Waals surface area contributed by atoms with Gasteiger partial charge < -0.3 is 18.3 Å². The molecule has 13 aromatic carbocycles. The Morgan fingerprint density at radius 3 is 0.924 bits per heavy atom. The summed E-state index contributed by atoms with van der Waals surface area (Å²) in [4.78, 5) is 0. The van der Waals surface area contributed by atoms with Gasteiger partial charge in [-0.3, -0.25) is 0 Å². The Hall–Kier alpha value is -10.6. The van der Waals surface area contributed by atoms with E-state index < -0.39 is 22.7 Å². The van der Waals surface area contributed by atoms with Crippen LogP contribution < -0.4 is 0 Å². The number of hydrogen-bond acceptors (Lipinski definition) is 2. The van der Waals surface area contributed by atoms with Crippen molar-refractivity contribution in [2.45, 2.75) is 38.8 Å². The Kier molecular flexibility index (Phi) is 11.2. The number of halogens is 2. The normalized spacial score (nSPS) is 12.7. The van der Waals surface area contributed by atoms with Crippen LogP contribution in [0.5, 0.6) is 0 Å². The SMILES string of the molecule is CC(C)(c1c(-c2ccccc2F)c(-n2c3ccccc3c3ccc4c5ccccc5sc4c32)c(C(C)(C)n2c3ccccc3c3ccccc32)c(-n2c3ccccc3c3ccc4c5ccccc5sc4c32)c1-c1ccccc1F)n1c2ccccc2c2ccccc21. The zero-order valence-electron chi connectivity index (χ0n) is 50.8. The largest absolute Gasteiger partial charge is 0.331 e. The summed E-state index contributed by atoms with van der Waals surface area (Å²) in [6.07, 6.45) is 0. The van der Waals surface area contributed by atoms with Crippen LogP contribution in [0.2, 0.25) is 0 Å². The highest BCUT2D eigenvalue weighted by Crippen LogP contribution is 2.59. The van der Waals surface area contributed by atoms with Crippen LogP contribution in [0.4, 0.5) is 8.78 Å². The number of nitrogens with zero attached hydrogens (tertiary/aromatic N) is 4. The average Bonchev–Trinajstić information content (AvgIpc) is 1.28. The molecule has 0 saturated heterocycles. The van der Waals surface area contributed by atoms with E-state index >= 15 is 8.78 Å². The molecule has 0 atom stereocenters. The summed E-state index contributed by atoms with van der Waals surface area (Å²) in [5.74, 6) is -0.782. The van der Waals surface area contributed by atoms with Crippen molar-refractivity contribution in [3.63, 3.8) is 0 Å². The van der Waals surface area contributed by atoms with Gasteiger partial charge in [-0.1, -0.05) is 206 Å². The Morgan fingerprint density at radius 2 is 0.554 bits per heavy atom. The molecule has 0 N–H and O–H groups in total. The van der Waals surface area contributed by atoms with E-state index in [2.05, 4.69) is 264 Å². The molecule has 19 rings (SSSR count). The van der Waals surface area contributed by atoms with Crippen molar-refractivity contribution >= 4 is 150 Å². The Balaban J connectivity index is 1.19. The molecule has 0 aliphatic rings. The van der Waals surface area contributed by atoms with Gasteiger partial charge in [0, 0.05) is 124 Å². The number of benzene rings is 13. The fourth-order valence-electron chi connectivity index (χ4n) is 16.4. The molecule has 6 heterocycles. The van der Waals surface area contributed by atoms with Crippen molar-refractivity contribution < 1.29 is 8.78 Å². The first-order valence-electron chi connectivity index (χ1n) is 31.5. The number of hydrogen-bond donors (Lipinski definition) is 0. The summed E-state index contributed by atoms with van der Waals surface area (Å²) in [7, 11) is 0. The number of rotatable bonds is 8. The predicted molar refractivity (Wildman–Crippen MR) is 387 cm³/mol. The highest BCUT2D eigenvalue weighted by atomic mass is 32.1. The minimum atomic E-state index is -1.14. The van der Waals surface area contributed by atoms with Gasteiger partial charge in [0.25, 0.3) is 0 Å². The van der Waals surface area contributed by atoms with E-state index in [1.165, 1.54) is 20.2 Å². The molecule has 438 valence electrons. The van der Waals surface area contributed by atoms with Gasteiger partial charge in [-0.05, 0) is 93.9 Å². The van der Waals surface area contributed by atoms with Gasteiger partial charge in [-0.2, -0.15) is 0 Å². The number of aromatic nitrogens is 4. The molecule has 0 saturated carbocycles. The first-order chi connectivity index (χ1) is 45.1. The molecule has 4 nitrogen and oxygen atoms in total. The Bertz CT molecular complexity index is 6010.